The average Bonchev–Trinajstić information content (AvgIpc) is 3.17. The Labute approximate surface area is 163 Å². The summed E-state index contributed by atoms with van der Waals surface area (Å²) >= 11 is 1.43. The molecule has 138 valence electrons. The number of aromatic nitrogens is 2. The van der Waals surface area contributed by atoms with Gasteiger partial charge in [0.2, 0.25) is 0 Å². The van der Waals surface area contributed by atoms with E-state index in [2.05, 4.69) is 63.3 Å². The number of hydrogen-bond acceptors (Lipinski definition) is 6. The van der Waals surface area contributed by atoms with E-state index in [1.165, 1.54) is 36.2 Å². The van der Waals surface area contributed by atoms with E-state index in [9.17, 15) is 0 Å². The SMILES string of the molecule is C=Nc1ccc(N=Nc2nnc(-c3ccc(CCCCC)cc3)s2)c(C)c1. The minimum atomic E-state index is 0.544. The van der Waals surface area contributed by atoms with Crippen LogP contribution in [-0.4, -0.2) is 16.9 Å². The molecule has 0 saturated heterocycles. The molecule has 3 aromatic rings. The first-order valence-corrected chi connectivity index (χ1v) is 9.93. The Kier molecular flexibility index (Phi) is 6.54. The zero-order chi connectivity index (χ0) is 19.1. The molecule has 0 unspecified atom stereocenters. The third kappa shape index (κ3) is 5.14. The van der Waals surface area contributed by atoms with E-state index in [0.29, 0.717) is 5.13 Å². The zero-order valence-corrected chi connectivity index (χ0v) is 16.5. The van der Waals surface area contributed by atoms with Crippen LogP contribution in [0.15, 0.2) is 57.7 Å². The molecule has 0 atom stereocenters. The summed E-state index contributed by atoms with van der Waals surface area (Å²) in [7, 11) is 0. The van der Waals surface area contributed by atoms with E-state index in [4.69, 9.17) is 0 Å². The number of unbranched alkanes of at least 4 members (excludes halogenated alkanes) is 2. The fourth-order valence-electron chi connectivity index (χ4n) is 2.71. The van der Waals surface area contributed by atoms with Gasteiger partial charge in [-0.1, -0.05) is 55.4 Å². The maximum Gasteiger partial charge on any atom is 0.252 e. The normalized spacial score (nSPS) is 11.2. The number of aliphatic imine (C=N–C) groups is 1. The predicted octanol–water partition coefficient (Wildman–Crippen LogP) is 6.99. The van der Waals surface area contributed by atoms with Crippen LogP contribution < -0.4 is 0 Å². The molecule has 6 heteroatoms. The van der Waals surface area contributed by atoms with Crippen molar-refractivity contribution in [2.45, 2.75) is 39.5 Å². The molecule has 0 aliphatic heterocycles. The molecule has 0 spiro atoms. The quantitative estimate of drug-likeness (QED) is 0.241. The third-order valence-electron chi connectivity index (χ3n) is 4.29. The monoisotopic (exact) mass is 377 g/mol. The second-order valence-corrected chi connectivity index (χ2v) is 7.33. The van der Waals surface area contributed by atoms with Gasteiger partial charge in [-0.25, -0.2) is 0 Å². The summed E-state index contributed by atoms with van der Waals surface area (Å²) in [5.41, 5.74) is 5.03. The van der Waals surface area contributed by atoms with Crippen molar-refractivity contribution >= 4 is 34.6 Å². The first-order chi connectivity index (χ1) is 13.2. The van der Waals surface area contributed by atoms with Gasteiger partial charge in [0.15, 0.2) is 0 Å². The van der Waals surface area contributed by atoms with Gasteiger partial charge in [-0.15, -0.1) is 20.4 Å². The second-order valence-electron chi connectivity index (χ2n) is 6.37. The van der Waals surface area contributed by atoms with Crippen LogP contribution in [0.1, 0.15) is 37.3 Å². The lowest BCUT2D eigenvalue weighted by Crippen LogP contribution is -1.85. The lowest BCUT2D eigenvalue weighted by molar-refractivity contribution is 0.717. The minimum absolute atomic E-state index is 0.544. The van der Waals surface area contributed by atoms with Crippen molar-refractivity contribution < 1.29 is 0 Å². The Morgan fingerprint density at radius 3 is 2.52 bits per heavy atom. The number of azo groups is 1. The van der Waals surface area contributed by atoms with E-state index < -0.39 is 0 Å². The Hall–Kier alpha value is -2.73. The number of nitrogens with zero attached hydrogens (tertiary/aromatic N) is 5. The molecule has 0 amide bonds. The first kappa shape index (κ1) is 19.0. The Balaban J connectivity index is 1.68. The van der Waals surface area contributed by atoms with Gasteiger partial charge < -0.3 is 0 Å². The molecule has 0 saturated carbocycles. The van der Waals surface area contributed by atoms with E-state index in [1.807, 2.05) is 25.1 Å². The van der Waals surface area contributed by atoms with Gasteiger partial charge in [0.25, 0.3) is 5.13 Å². The predicted molar refractivity (Wildman–Crippen MR) is 113 cm³/mol. The Morgan fingerprint density at radius 1 is 1.00 bits per heavy atom. The van der Waals surface area contributed by atoms with Crippen molar-refractivity contribution in [1.29, 1.82) is 0 Å². The van der Waals surface area contributed by atoms with Crippen molar-refractivity contribution in [1.82, 2.24) is 10.2 Å². The summed E-state index contributed by atoms with van der Waals surface area (Å²) in [6, 6.07) is 14.2. The lowest BCUT2D eigenvalue weighted by Gasteiger charge is -2.01. The molecule has 0 radical (unpaired) electrons. The van der Waals surface area contributed by atoms with Crippen LogP contribution in [-0.2, 0) is 6.42 Å². The Morgan fingerprint density at radius 2 is 1.81 bits per heavy atom. The molecule has 2 aromatic carbocycles. The van der Waals surface area contributed by atoms with Gasteiger partial charge in [0.1, 0.15) is 5.01 Å². The summed E-state index contributed by atoms with van der Waals surface area (Å²) in [6.45, 7) is 7.72. The van der Waals surface area contributed by atoms with Crippen LogP contribution in [0, 0.1) is 6.92 Å². The molecule has 1 heterocycles. The number of aryl methyl sites for hydroxylation is 2. The molecule has 0 bridgehead atoms. The van der Waals surface area contributed by atoms with E-state index >= 15 is 0 Å². The Bertz CT molecular complexity index is 928. The zero-order valence-electron chi connectivity index (χ0n) is 15.7. The van der Waals surface area contributed by atoms with Crippen molar-refractivity contribution in [2.75, 3.05) is 0 Å². The van der Waals surface area contributed by atoms with E-state index in [-0.39, 0.29) is 0 Å². The highest BCUT2D eigenvalue weighted by Crippen LogP contribution is 2.30. The van der Waals surface area contributed by atoms with Crippen LogP contribution in [0.3, 0.4) is 0 Å². The van der Waals surface area contributed by atoms with Gasteiger partial charge in [-0.3, -0.25) is 4.99 Å². The summed E-state index contributed by atoms with van der Waals surface area (Å²) in [5.74, 6) is 0. The van der Waals surface area contributed by atoms with Crippen molar-refractivity contribution in [3.63, 3.8) is 0 Å². The smallest absolute Gasteiger partial charge is 0.252 e. The van der Waals surface area contributed by atoms with Gasteiger partial charge in [-0.2, -0.15) is 0 Å². The molecule has 27 heavy (non-hydrogen) atoms. The van der Waals surface area contributed by atoms with Crippen molar-refractivity contribution in [3.05, 3.63) is 53.6 Å². The molecule has 0 aliphatic carbocycles. The molecule has 1 aromatic heterocycles. The van der Waals surface area contributed by atoms with Crippen molar-refractivity contribution in [2.24, 2.45) is 15.2 Å². The van der Waals surface area contributed by atoms with Gasteiger partial charge in [-0.05, 0) is 55.8 Å². The summed E-state index contributed by atoms with van der Waals surface area (Å²) < 4.78 is 0. The highest BCUT2D eigenvalue weighted by Gasteiger charge is 2.07. The average molecular weight is 378 g/mol. The van der Waals surface area contributed by atoms with Gasteiger partial charge in [0.05, 0.1) is 11.4 Å². The largest absolute Gasteiger partial charge is 0.265 e. The molecule has 0 aliphatic rings. The van der Waals surface area contributed by atoms with Crippen LogP contribution in [0.4, 0.5) is 16.5 Å². The number of hydrogen-bond donors (Lipinski definition) is 0. The fraction of sp³-hybridized carbons (Fsp3) is 0.286. The van der Waals surface area contributed by atoms with Gasteiger partial charge >= 0.3 is 0 Å². The van der Waals surface area contributed by atoms with Gasteiger partial charge in [0, 0.05) is 5.56 Å². The highest BCUT2D eigenvalue weighted by atomic mass is 32.1. The van der Waals surface area contributed by atoms with E-state index in [0.717, 1.165) is 33.9 Å². The standard InChI is InChI=1S/C21H23N5S/c1-4-5-6-7-16-8-10-17(11-9-16)20-24-26-21(27-20)25-23-19-13-12-18(22-3)14-15(19)2/h8-14H,3-7H2,1-2H3. The third-order valence-corrected chi connectivity index (χ3v) is 5.15. The fourth-order valence-corrected chi connectivity index (χ4v) is 3.38. The summed E-state index contributed by atoms with van der Waals surface area (Å²) in [4.78, 5) is 3.91. The van der Waals surface area contributed by atoms with Crippen LogP contribution >= 0.6 is 11.3 Å². The highest BCUT2D eigenvalue weighted by molar-refractivity contribution is 7.18. The summed E-state index contributed by atoms with van der Waals surface area (Å²) in [6.07, 6.45) is 4.89. The van der Waals surface area contributed by atoms with E-state index in [1.54, 1.807) is 0 Å². The molecule has 5 nitrogen and oxygen atoms in total. The maximum absolute atomic E-state index is 4.29. The molecule has 3 rings (SSSR count). The lowest BCUT2D eigenvalue weighted by atomic mass is 10.1. The van der Waals surface area contributed by atoms with Crippen LogP contribution in [0.2, 0.25) is 0 Å². The molecular formula is C21H23N5S. The van der Waals surface area contributed by atoms with Crippen LogP contribution in [0.25, 0.3) is 10.6 Å². The summed E-state index contributed by atoms with van der Waals surface area (Å²) in [5, 5.41) is 18.3. The molecule has 0 N–H and O–H groups in total. The number of rotatable bonds is 8. The van der Waals surface area contributed by atoms with Crippen LogP contribution in [0.5, 0.6) is 0 Å². The topological polar surface area (TPSA) is 62.9 Å². The molecular weight excluding hydrogens is 354 g/mol. The maximum atomic E-state index is 4.29. The first-order valence-electron chi connectivity index (χ1n) is 9.11. The minimum Gasteiger partial charge on any atom is -0.265 e. The second kappa shape index (κ2) is 9.28. The molecule has 0 fully saturated rings. The number of benzene rings is 2. The van der Waals surface area contributed by atoms with Crippen molar-refractivity contribution in [3.8, 4) is 10.6 Å².